The van der Waals surface area contributed by atoms with E-state index in [4.69, 9.17) is 11.6 Å². The Morgan fingerprint density at radius 1 is 1.05 bits per heavy atom. The fourth-order valence-electron chi connectivity index (χ4n) is 1.55. The number of nitrogens with one attached hydrogen (secondary N) is 1. The third-order valence-corrected chi connectivity index (χ3v) is 5.96. The van der Waals surface area contributed by atoms with Crippen LogP contribution < -0.4 is 4.72 Å². The number of benzene rings is 2. The molecule has 0 amide bonds. The van der Waals surface area contributed by atoms with Crippen LogP contribution in [0.3, 0.4) is 0 Å². The van der Waals surface area contributed by atoms with Crippen LogP contribution in [0.2, 0.25) is 5.02 Å². The predicted octanol–water partition coefficient (Wildman–Crippen LogP) is 4.94. The summed E-state index contributed by atoms with van der Waals surface area (Å²) in [6, 6.07) is 5.68. The van der Waals surface area contributed by atoms with Gasteiger partial charge < -0.3 is 0 Å². The summed E-state index contributed by atoms with van der Waals surface area (Å²) in [5.41, 5.74) is 0.182. The highest BCUT2D eigenvalue weighted by Crippen LogP contribution is 2.30. The zero-order chi connectivity index (χ0) is 15.8. The Morgan fingerprint density at radius 2 is 1.71 bits per heavy atom. The highest BCUT2D eigenvalue weighted by atomic mass is 79.9. The van der Waals surface area contributed by atoms with E-state index in [9.17, 15) is 17.2 Å². The highest BCUT2D eigenvalue weighted by molar-refractivity contribution is 9.10. The average molecular weight is 462 g/mol. The number of rotatable bonds is 3. The van der Waals surface area contributed by atoms with Crippen molar-refractivity contribution in [3.05, 3.63) is 55.9 Å². The van der Waals surface area contributed by atoms with E-state index < -0.39 is 26.6 Å². The van der Waals surface area contributed by atoms with Crippen molar-refractivity contribution in [2.45, 2.75) is 4.90 Å². The first-order chi connectivity index (χ1) is 9.70. The summed E-state index contributed by atoms with van der Waals surface area (Å²) >= 11 is 11.8. The third kappa shape index (κ3) is 3.74. The first-order valence-corrected chi connectivity index (χ1v) is 8.78. The van der Waals surface area contributed by atoms with E-state index in [1.54, 1.807) is 0 Å². The van der Waals surface area contributed by atoms with Crippen LogP contribution in [-0.2, 0) is 10.0 Å². The third-order valence-electron chi connectivity index (χ3n) is 2.40. The van der Waals surface area contributed by atoms with Crippen molar-refractivity contribution in [3.63, 3.8) is 0 Å². The summed E-state index contributed by atoms with van der Waals surface area (Å²) in [4.78, 5) is -0.671. The second kappa shape index (κ2) is 6.20. The lowest BCUT2D eigenvalue weighted by Crippen LogP contribution is -2.15. The van der Waals surface area contributed by atoms with E-state index in [0.717, 1.165) is 6.07 Å². The summed E-state index contributed by atoms with van der Waals surface area (Å²) < 4.78 is 53.6. The second-order valence-electron chi connectivity index (χ2n) is 3.93. The number of sulfonamides is 1. The van der Waals surface area contributed by atoms with Crippen LogP contribution in [0.25, 0.3) is 0 Å². The van der Waals surface area contributed by atoms with Gasteiger partial charge in [-0.25, -0.2) is 17.2 Å². The molecule has 9 heteroatoms. The molecule has 0 unspecified atom stereocenters. The zero-order valence-electron chi connectivity index (χ0n) is 10.0. The minimum atomic E-state index is -4.22. The molecule has 0 atom stereocenters. The zero-order valence-corrected chi connectivity index (χ0v) is 14.7. The summed E-state index contributed by atoms with van der Waals surface area (Å²) in [6.45, 7) is 0. The largest absolute Gasteiger partial charge is 0.279 e. The Bertz CT molecular complexity index is 792. The molecule has 21 heavy (non-hydrogen) atoms. The van der Waals surface area contributed by atoms with Gasteiger partial charge in [0, 0.05) is 15.0 Å². The minimum absolute atomic E-state index is 0.182. The maximum Gasteiger partial charge on any atom is 0.265 e. The van der Waals surface area contributed by atoms with Crippen LogP contribution in [0.4, 0.5) is 14.5 Å². The Hall–Kier alpha value is -0.700. The van der Waals surface area contributed by atoms with E-state index in [0.29, 0.717) is 15.6 Å². The number of hydrogen-bond acceptors (Lipinski definition) is 2. The summed E-state index contributed by atoms with van der Waals surface area (Å²) in [7, 11) is -4.22. The average Bonchev–Trinajstić information content (AvgIpc) is 2.31. The van der Waals surface area contributed by atoms with Crippen LogP contribution in [0.1, 0.15) is 0 Å². The molecular formula is C12H6Br2ClF2NO2S. The molecule has 3 nitrogen and oxygen atoms in total. The lowest BCUT2D eigenvalue weighted by atomic mass is 10.3. The molecular weight excluding hydrogens is 455 g/mol. The van der Waals surface area contributed by atoms with E-state index in [1.807, 2.05) is 0 Å². The van der Waals surface area contributed by atoms with Crippen LogP contribution in [-0.4, -0.2) is 8.42 Å². The standard InChI is InChI=1S/C12H6Br2ClF2NO2S/c13-8-5-7(1-2-10(8)15)18-21(19,20)12-9(14)3-6(16)4-11(12)17/h1-5,18H. The molecule has 0 heterocycles. The SMILES string of the molecule is O=S(=O)(Nc1ccc(Cl)c(Br)c1)c1c(F)cc(F)cc1Br. The van der Waals surface area contributed by atoms with Gasteiger partial charge in [0.25, 0.3) is 10.0 Å². The van der Waals surface area contributed by atoms with Crippen molar-refractivity contribution < 1.29 is 17.2 Å². The maximum absolute atomic E-state index is 13.7. The molecule has 2 aromatic carbocycles. The molecule has 0 aromatic heterocycles. The molecule has 0 bridgehead atoms. The minimum Gasteiger partial charge on any atom is -0.279 e. The Morgan fingerprint density at radius 3 is 2.29 bits per heavy atom. The number of hydrogen-bond donors (Lipinski definition) is 1. The molecule has 0 aliphatic heterocycles. The summed E-state index contributed by atoms with van der Waals surface area (Å²) in [5.74, 6) is -2.07. The van der Waals surface area contributed by atoms with E-state index in [2.05, 4.69) is 36.6 Å². The van der Waals surface area contributed by atoms with Crippen LogP contribution in [0.15, 0.2) is 44.2 Å². The van der Waals surface area contributed by atoms with Gasteiger partial charge in [0.05, 0.1) is 10.7 Å². The Kier molecular flexibility index (Phi) is 4.92. The van der Waals surface area contributed by atoms with Gasteiger partial charge in [0.15, 0.2) is 0 Å². The van der Waals surface area contributed by atoms with Gasteiger partial charge in [0.1, 0.15) is 16.5 Å². The molecule has 0 aliphatic rings. The summed E-state index contributed by atoms with van der Waals surface area (Å²) in [5, 5.41) is 0.395. The first kappa shape index (κ1) is 16.7. The Balaban J connectivity index is 2.46. The van der Waals surface area contributed by atoms with Crippen molar-refractivity contribution >= 4 is 59.2 Å². The van der Waals surface area contributed by atoms with Gasteiger partial charge in [-0.15, -0.1) is 0 Å². The molecule has 0 saturated carbocycles. The topological polar surface area (TPSA) is 46.2 Å². The van der Waals surface area contributed by atoms with Crippen LogP contribution in [0.5, 0.6) is 0 Å². The molecule has 0 spiro atoms. The highest BCUT2D eigenvalue weighted by Gasteiger charge is 2.24. The van der Waals surface area contributed by atoms with E-state index in [1.165, 1.54) is 18.2 Å². The smallest absolute Gasteiger partial charge is 0.265 e. The first-order valence-electron chi connectivity index (χ1n) is 5.33. The normalized spacial score (nSPS) is 11.5. The van der Waals surface area contributed by atoms with E-state index in [-0.39, 0.29) is 10.2 Å². The van der Waals surface area contributed by atoms with Crippen molar-refractivity contribution in [1.82, 2.24) is 0 Å². The maximum atomic E-state index is 13.7. The lowest BCUT2D eigenvalue weighted by Gasteiger charge is -2.11. The van der Waals surface area contributed by atoms with Gasteiger partial charge in [-0.1, -0.05) is 11.6 Å². The van der Waals surface area contributed by atoms with Crippen molar-refractivity contribution in [2.24, 2.45) is 0 Å². The van der Waals surface area contributed by atoms with Gasteiger partial charge in [-0.2, -0.15) is 0 Å². The Labute approximate surface area is 141 Å². The number of anilines is 1. The predicted molar refractivity (Wildman–Crippen MR) is 84.0 cm³/mol. The molecule has 2 rings (SSSR count). The number of halogens is 5. The fourth-order valence-corrected chi connectivity index (χ4v) is 4.27. The van der Waals surface area contributed by atoms with Crippen molar-refractivity contribution in [3.8, 4) is 0 Å². The van der Waals surface area contributed by atoms with Crippen LogP contribution in [0, 0.1) is 11.6 Å². The molecule has 1 N–H and O–H groups in total. The second-order valence-corrected chi connectivity index (χ2v) is 7.67. The lowest BCUT2D eigenvalue weighted by molar-refractivity contribution is 0.548. The van der Waals surface area contributed by atoms with Gasteiger partial charge in [-0.05, 0) is 56.1 Å². The molecule has 0 radical (unpaired) electrons. The van der Waals surface area contributed by atoms with Crippen molar-refractivity contribution in [1.29, 1.82) is 0 Å². The van der Waals surface area contributed by atoms with E-state index >= 15 is 0 Å². The van der Waals surface area contributed by atoms with Gasteiger partial charge >= 0.3 is 0 Å². The van der Waals surface area contributed by atoms with Gasteiger partial charge in [-0.3, -0.25) is 4.72 Å². The monoisotopic (exact) mass is 459 g/mol. The molecule has 0 aliphatic carbocycles. The molecule has 112 valence electrons. The van der Waals surface area contributed by atoms with Crippen molar-refractivity contribution in [2.75, 3.05) is 4.72 Å². The van der Waals surface area contributed by atoms with Gasteiger partial charge in [0.2, 0.25) is 0 Å². The quantitative estimate of drug-likeness (QED) is 0.704. The molecule has 0 saturated heterocycles. The molecule has 2 aromatic rings. The molecule has 0 fully saturated rings. The summed E-state index contributed by atoms with van der Waals surface area (Å²) in [6.07, 6.45) is 0. The van der Waals surface area contributed by atoms with Crippen LogP contribution >= 0.6 is 43.5 Å². The fraction of sp³-hybridized carbons (Fsp3) is 0.